The molecule has 0 fully saturated rings. The number of ether oxygens (including phenoxy) is 1. The summed E-state index contributed by atoms with van der Waals surface area (Å²) in [5.41, 5.74) is 1.33. The number of nitrogens with one attached hydrogen (secondary N) is 1. The molecule has 0 saturated heterocycles. The Morgan fingerprint density at radius 3 is 2.83 bits per heavy atom. The molecular formula is C13H14N2O3. The van der Waals surface area contributed by atoms with Gasteiger partial charge in [0.15, 0.2) is 0 Å². The molecular weight excluding hydrogens is 232 g/mol. The van der Waals surface area contributed by atoms with E-state index in [0.29, 0.717) is 5.69 Å². The molecule has 1 N–H and O–H groups in total. The number of nitrogens with zero attached hydrogens (tertiary/aromatic N) is 1. The van der Waals surface area contributed by atoms with Crippen LogP contribution in [0, 0.1) is 0 Å². The van der Waals surface area contributed by atoms with Crippen LogP contribution in [0.3, 0.4) is 0 Å². The van der Waals surface area contributed by atoms with Gasteiger partial charge in [-0.05, 0) is 6.07 Å². The summed E-state index contributed by atoms with van der Waals surface area (Å²) in [6.07, 6.45) is 0. The molecule has 0 saturated carbocycles. The van der Waals surface area contributed by atoms with Crippen molar-refractivity contribution in [2.24, 2.45) is 7.05 Å². The van der Waals surface area contributed by atoms with Crippen molar-refractivity contribution in [3.8, 4) is 0 Å². The average Bonchev–Trinajstić information content (AvgIpc) is 2.41. The summed E-state index contributed by atoms with van der Waals surface area (Å²) in [7, 11) is 3.04. The Labute approximate surface area is 104 Å². The zero-order chi connectivity index (χ0) is 13.1. The first-order valence-corrected chi connectivity index (χ1v) is 5.53. The zero-order valence-electron chi connectivity index (χ0n) is 10.3. The lowest BCUT2D eigenvalue weighted by molar-refractivity contribution is -0.138. The van der Waals surface area contributed by atoms with Gasteiger partial charge in [0.1, 0.15) is 6.54 Å². The molecule has 94 valence electrons. The Morgan fingerprint density at radius 1 is 1.39 bits per heavy atom. The zero-order valence-corrected chi connectivity index (χ0v) is 10.3. The maximum atomic E-state index is 11.8. The first-order valence-electron chi connectivity index (χ1n) is 5.53. The molecule has 0 aliphatic carbocycles. The summed E-state index contributed by atoms with van der Waals surface area (Å²) in [4.78, 5) is 22.9. The number of para-hydroxylation sites is 1. The maximum Gasteiger partial charge on any atom is 0.325 e. The summed E-state index contributed by atoms with van der Waals surface area (Å²) in [6, 6.07) is 8.99. The first-order chi connectivity index (χ1) is 8.63. The van der Waals surface area contributed by atoms with Crippen LogP contribution in [0.4, 0.5) is 5.69 Å². The predicted octanol–water partition coefficient (Wildman–Crippen LogP) is 1.12. The van der Waals surface area contributed by atoms with Crippen LogP contribution in [-0.4, -0.2) is 24.2 Å². The van der Waals surface area contributed by atoms with Gasteiger partial charge >= 0.3 is 5.97 Å². The monoisotopic (exact) mass is 246 g/mol. The predicted molar refractivity (Wildman–Crippen MR) is 69.7 cm³/mol. The van der Waals surface area contributed by atoms with Crippen molar-refractivity contribution in [1.29, 1.82) is 0 Å². The Hall–Kier alpha value is -2.30. The normalized spacial score (nSPS) is 10.3. The SMILES string of the molecule is COC(=O)CNc1cc(=O)n(C)c2ccccc12. The molecule has 0 bridgehead atoms. The minimum absolute atomic E-state index is 0.0354. The lowest BCUT2D eigenvalue weighted by Gasteiger charge is -2.11. The van der Waals surface area contributed by atoms with Crippen LogP contribution in [0.2, 0.25) is 0 Å². The summed E-state index contributed by atoms with van der Waals surface area (Å²) in [6.45, 7) is 0.0354. The van der Waals surface area contributed by atoms with Crippen molar-refractivity contribution in [3.05, 3.63) is 40.7 Å². The van der Waals surface area contributed by atoms with Crippen molar-refractivity contribution >= 4 is 22.6 Å². The molecule has 1 aromatic heterocycles. The number of hydrogen-bond acceptors (Lipinski definition) is 4. The van der Waals surface area contributed by atoms with Crippen LogP contribution in [0.1, 0.15) is 0 Å². The van der Waals surface area contributed by atoms with Crippen molar-refractivity contribution < 1.29 is 9.53 Å². The van der Waals surface area contributed by atoms with Crippen LogP contribution in [0.25, 0.3) is 10.9 Å². The smallest absolute Gasteiger partial charge is 0.325 e. The Balaban J connectivity index is 2.47. The maximum absolute atomic E-state index is 11.8. The largest absolute Gasteiger partial charge is 0.468 e. The van der Waals surface area contributed by atoms with Crippen molar-refractivity contribution in [2.75, 3.05) is 19.0 Å². The third-order valence-corrected chi connectivity index (χ3v) is 2.80. The van der Waals surface area contributed by atoms with E-state index < -0.39 is 0 Å². The molecule has 0 unspecified atom stereocenters. The highest BCUT2D eigenvalue weighted by Crippen LogP contribution is 2.20. The van der Waals surface area contributed by atoms with E-state index in [9.17, 15) is 9.59 Å². The summed E-state index contributed by atoms with van der Waals surface area (Å²) < 4.78 is 6.12. The van der Waals surface area contributed by atoms with Crippen LogP contribution in [0.5, 0.6) is 0 Å². The number of carbonyl (C=O) groups excluding carboxylic acids is 1. The van der Waals surface area contributed by atoms with E-state index in [2.05, 4.69) is 10.1 Å². The summed E-state index contributed by atoms with van der Waals surface area (Å²) in [5.74, 6) is -0.375. The van der Waals surface area contributed by atoms with Gasteiger partial charge in [-0.1, -0.05) is 18.2 Å². The molecule has 2 rings (SSSR count). The van der Waals surface area contributed by atoms with Gasteiger partial charge in [0.2, 0.25) is 0 Å². The number of anilines is 1. The average molecular weight is 246 g/mol. The number of hydrogen-bond donors (Lipinski definition) is 1. The van der Waals surface area contributed by atoms with Crippen LogP contribution < -0.4 is 10.9 Å². The van der Waals surface area contributed by atoms with Gasteiger partial charge < -0.3 is 14.6 Å². The molecule has 5 nitrogen and oxygen atoms in total. The van der Waals surface area contributed by atoms with Gasteiger partial charge in [-0.25, -0.2) is 0 Å². The van der Waals surface area contributed by atoms with Crippen molar-refractivity contribution in [1.82, 2.24) is 4.57 Å². The lowest BCUT2D eigenvalue weighted by atomic mass is 10.2. The van der Waals surface area contributed by atoms with Gasteiger partial charge in [0.05, 0.1) is 12.6 Å². The van der Waals surface area contributed by atoms with Crippen molar-refractivity contribution in [3.63, 3.8) is 0 Å². The second-order valence-corrected chi connectivity index (χ2v) is 3.90. The first kappa shape index (κ1) is 12.2. The summed E-state index contributed by atoms with van der Waals surface area (Å²) in [5, 5.41) is 3.81. The minimum atomic E-state index is -0.375. The highest BCUT2D eigenvalue weighted by molar-refractivity contribution is 5.92. The third kappa shape index (κ3) is 2.20. The van der Waals surface area contributed by atoms with Crippen molar-refractivity contribution in [2.45, 2.75) is 0 Å². The Kier molecular flexibility index (Phi) is 3.32. The minimum Gasteiger partial charge on any atom is -0.468 e. The molecule has 0 spiro atoms. The fraction of sp³-hybridized carbons (Fsp3) is 0.231. The second-order valence-electron chi connectivity index (χ2n) is 3.90. The van der Waals surface area contributed by atoms with E-state index in [4.69, 9.17) is 0 Å². The highest BCUT2D eigenvalue weighted by atomic mass is 16.5. The van der Waals surface area contributed by atoms with E-state index in [1.807, 2.05) is 24.3 Å². The van der Waals surface area contributed by atoms with Gasteiger partial charge in [0, 0.05) is 24.2 Å². The van der Waals surface area contributed by atoms with Gasteiger partial charge in [-0.3, -0.25) is 9.59 Å². The molecule has 1 heterocycles. The van der Waals surface area contributed by atoms with E-state index in [1.54, 1.807) is 11.6 Å². The van der Waals surface area contributed by atoms with Gasteiger partial charge in [0.25, 0.3) is 5.56 Å². The van der Waals surface area contributed by atoms with Crippen LogP contribution in [0.15, 0.2) is 35.1 Å². The number of benzene rings is 1. The number of esters is 1. The summed E-state index contributed by atoms with van der Waals surface area (Å²) >= 11 is 0. The molecule has 0 radical (unpaired) electrons. The molecule has 2 aromatic rings. The molecule has 0 aliphatic heterocycles. The van der Waals surface area contributed by atoms with E-state index in [-0.39, 0.29) is 18.1 Å². The molecule has 1 aromatic carbocycles. The van der Waals surface area contributed by atoms with E-state index >= 15 is 0 Å². The van der Waals surface area contributed by atoms with Gasteiger partial charge in [-0.2, -0.15) is 0 Å². The van der Waals surface area contributed by atoms with E-state index in [0.717, 1.165) is 10.9 Å². The molecule has 0 aliphatic rings. The fourth-order valence-electron chi connectivity index (χ4n) is 1.80. The Morgan fingerprint density at radius 2 is 2.11 bits per heavy atom. The number of methoxy groups -OCH3 is 1. The Bertz CT molecular complexity index is 646. The second kappa shape index (κ2) is 4.91. The number of carbonyl (C=O) groups is 1. The quantitative estimate of drug-likeness (QED) is 0.824. The number of fused-ring (bicyclic) bond motifs is 1. The van der Waals surface area contributed by atoms with E-state index in [1.165, 1.54) is 13.2 Å². The van der Waals surface area contributed by atoms with Crippen LogP contribution in [-0.2, 0) is 16.6 Å². The fourth-order valence-corrected chi connectivity index (χ4v) is 1.80. The molecule has 18 heavy (non-hydrogen) atoms. The number of pyridine rings is 1. The molecule has 0 amide bonds. The van der Waals surface area contributed by atoms with Crippen LogP contribution >= 0.6 is 0 Å². The number of aryl methyl sites for hydroxylation is 1. The highest BCUT2D eigenvalue weighted by Gasteiger charge is 2.07. The number of aromatic nitrogens is 1. The lowest BCUT2D eigenvalue weighted by Crippen LogP contribution is -2.20. The topological polar surface area (TPSA) is 60.3 Å². The standard InChI is InChI=1S/C13H14N2O3/c1-15-11-6-4-3-5-9(11)10(7-12(15)16)14-8-13(17)18-2/h3-7,14H,8H2,1-2H3. The van der Waals surface area contributed by atoms with Gasteiger partial charge in [-0.15, -0.1) is 0 Å². The number of rotatable bonds is 3. The third-order valence-electron chi connectivity index (χ3n) is 2.80. The molecule has 0 atom stereocenters. The molecule has 5 heteroatoms.